The fourth-order valence-electron chi connectivity index (χ4n) is 3.51. The molecule has 2 aromatic rings. The maximum Gasteiger partial charge on any atom is 0.343 e. The molecule has 1 fully saturated rings. The number of aromatic nitrogens is 3. The first-order chi connectivity index (χ1) is 12.6. The molecule has 26 heavy (non-hydrogen) atoms. The molecule has 1 N–H and O–H groups in total. The van der Waals surface area contributed by atoms with E-state index in [2.05, 4.69) is 15.0 Å². The van der Waals surface area contributed by atoms with Crippen LogP contribution in [-0.2, 0) is 11.3 Å². The van der Waals surface area contributed by atoms with Gasteiger partial charge in [0.1, 0.15) is 17.1 Å². The van der Waals surface area contributed by atoms with E-state index >= 15 is 0 Å². The number of carbonyl (C=O) groups is 1. The summed E-state index contributed by atoms with van der Waals surface area (Å²) in [5, 5.41) is 14.1. The summed E-state index contributed by atoms with van der Waals surface area (Å²) in [4.78, 5) is 18.5. The molecule has 8 nitrogen and oxygen atoms in total. The number of aromatic carboxylic acids is 1. The third-order valence-corrected chi connectivity index (χ3v) is 5.00. The number of rotatable bonds is 4. The molecule has 4 heterocycles. The molecule has 4 rings (SSSR count). The van der Waals surface area contributed by atoms with Gasteiger partial charge in [-0.2, -0.15) is 5.10 Å². The summed E-state index contributed by atoms with van der Waals surface area (Å²) in [6, 6.07) is 3.77. The molecule has 0 aromatic carbocycles. The van der Waals surface area contributed by atoms with Crippen molar-refractivity contribution >= 4 is 11.8 Å². The summed E-state index contributed by atoms with van der Waals surface area (Å²) in [6.07, 6.45) is 3.68. The van der Waals surface area contributed by atoms with Crippen molar-refractivity contribution in [1.82, 2.24) is 14.8 Å². The minimum atomic E-state index is -1.04. The third kappa shape index (κ3) is 2.90. The third-order valence-electron chi connectivity index (χ3n) is 5.00. The van der Waals surface area contributed by atoms with Crippen LogP contribution in [0, 0.1) is 0 Å². The predicted octanol–water partition coefficient (Wildman–Crippen LogP) is 2.04. The predicted molar refractivity (Wildman–Crippen MR) is 94.8 cm³/mol. The quantitative estimate of drug-likeness (QED) is 0.894. The molecule has 8 heteroatoms. The molecule has 1 saturated heterocycles. The van der Waals surface area contributed by atoms with Crippen LogP contribution in [0.3, 0.4) is 0 Å². The van der Waals surface area contributed by atoms with Crippen molar-refractivity contribution in [3.05, 3.63) is 23.9 Å². The van der Waals surface area contributed by atoms with Crippen molar-refractivity contribution < 1.29 is 19.4 Å². The largest absolute Gasteiger partial charge is 0.477 e. The number of fused-ring (bicyclic) bond motifs is 1. The maximum absolute atomic E-state index is 11.8. The van der Waals surface area contributed by atoms with Gasteiger partial charge in [0.15, 0.2) is 0 Å². The fraction of sp³-hybridized carbons (Fsp3) is 0.500. The van der Waals surface area contributed by atoms with Crippen LogP contribution in [0.5, 0.6) is 5.88 Å². The van der Waals surface area contributed by atoms with Crippen LogP contribution in [0.1, 0.15) is 30.1 Å². The number of anilines is 1. The Morgan fingerprint density at radius 3 is 2.85 bits per heavy atom. The number of ether oxygens (including phenoxy) is 2. The zero-order valence-electron chi connectivity index (χ0n) is 14.9. The van der Waals surface area contributed by atoms with Crippen LogP contribution in [0.15, 0.2) is 18.3 Å². The van der Waals surface area contributed by atoms with E-state index in [9.17, 15) is 9.90 Å². The van der Waals surface area contributed by atoms with Crippen molar-refractivity contribution in [3.8, 4) is 17.1 Å². The Kier molecular flexibility index (Phi) is 4.28. The van der Waals surface area contributed by atoms with Gasteiger partial charge in [-0.3, -0.25) is 0 Å². The Labute approximate surface area is 151 Å². The number of pyridine rings is 1. The molecule has 0 unspecified atom stereocenters. The smallest absolute Gasteiger partial charge is 0.343 e. The van der Waals surface area contributed by atoms with E-state index in [1.54, 1.807) is 18.0 Å². The topological polar surface area (TPSA) is 89.7 Å². The van der Waals surface area contributed by atoms with Crippen LogP contribution in [0.4, 0.5) is 5.82 Å². The van der Waals surface area contributed by atoms with Gasteiger partial charge in [-0.05, 0) is 25.5 Å². The van der Waals surface area contributed by atoms with Crippen molar-refractivity contribution in [2.75, 3.05) is 25.1 Å². The molecule has 0 radical (unpaired) electrons. The molecule has 0 aliphatic carbocycles. The number of carboxylic acids is 1. The Bertz CT molecular complexity index is 817. The molecule has 0 bridgehead atoms. The number of methoxy groups -OCH3 is 1. The van der Waals surface area contributed by atoms with E-state index in [1.165, 1.54) is 0 Å². The maximum atomic E-state index is 11.8. The first-order valence-corrected chi connectivity index (χ1v) is 8.81. The van der Waals surface area contributed by atoms with E-state index in [0.717, 1.165) is 31.7 Å². The van der Waals surface area contributed by atoms with Gasteiger partial charge in [-0.15, -0.1) is 0 Å². The van der Waals surface area contributed by atoms with E-state index in [-0.39, 0.29) is 17.8 Å². The first kappa shape index (κ1) is 16.8. The lowest BCUT2D eigenvalue weighted by atomic mass is 10.1. The van der Waals surface area contributed by atoms with Gasteiger partial charge < -0.3 is 19.5 Å². The molecule has 2 atom stereocenters. The Morgan fingerprint density at radius 1 is 1.35 bits per heavy atom. The molecule has 2 aliphatic rings. The van der Waals surface area contributed by atoms with Crippen LogP contribution in [0.25, 0.3) is 11.3 Å². The van der Waals surface area contributed by atoms with Crippen LogP contribution in [-0.4, -0.2) is 58.2 Å². The summed E-state index contributed by atoms with van der Waals surface area (Å²) in [6.45, 7) is 4.29. The normalized spacial score (nSPS) is 22.2. The molecular formula is C18H22N4O4. The second-order valence-corrected chi connectivity index (χ2v) is 6.77. The van der Waals surface area contributed by atoms with Gasteiger partial charge >= 0.3 is 5.97 Å². The number of aryl methyl sites for hydroxylation is 1. The van der Waals surface area contributed by atoms with Crippen molar-refractivity contribution in [2.24, 2.45) is 0 Å². The number of hydrogen-bond donors (Lipinski definition) is 1. The van der Waals surface area contributed by atoms with Crippen LogP contribution >= 0.6 is 0 Å². The Morgan fingerprint density at radius 2 is 2.19 bits per heavy atom. The summed E-state index contributed by atoms with van der Waals surface area (Å²) < 4.78 is 12.8. The molecule has 0 saturated carbocycles. The second-order valence-electron chi connectivity index (χ2n) is 6.77. The van der Waals surface area contributed by atoms with Gasteiger partial charge in [0.2, 0.25) is 5.88 Å². The van der Waals surface area contributed by atoms with Gasteiger partial charge in [-0.1, -0.05) is 0 Å². The summed E-state index contributed by atoms with van der Waals surface area (Å²) >= 11 is 0. The lowest BCUT2D eigenvalue weighted by Crippen LogP contribution is -2.24. The molecule has 138 valence electrons. The summed E-state index contributed by atoms with van der Waals surface area (Å²) in [5.41, 5.74) is 1.18. The average molecular weight is 358 g/mol. The van der Waals surface area contributed by atoms with Gasteiger partial charge in [-0.25, -0.2) is 14.5 Å². The summed E-state index contributed by atoms with van der Waals surface area (Å²) in [7, 11) is 1.72. The monoisotopic (exact) mass is 358 g/mol. The van der Waals surface area contributed by atoms with Crippen molar-refractivity contribution in [1.29, 1.82) is 0 Å². The highest BCUT2D eigenvalue weighted by molar-refractivity contribution is 5.97. The van der Waals surface area contributed by atoms with Crippen LogP contribution < -0.4 is 9.64 Å². The number of hydrogen-bond acceptors (Lipinski definition) is 6. The highest BCUT2D eigenvalue weighted by atomic mass is 16.5. The van der Waals surface area contributed by atoms with Crippen molar-refractivity contribution in [3.63, 3.8) is 0 Å². The van der Waals surface area contributed by atoms with E-state index in [1.807, 2.05) is 19.1 Å². The average Bonchev–Trinajstić information content (AvgIpc) is 3.26. The number of nitrogens with zero attached hydrogens (tertiary/aromatic N) is 4. The molecule has 2 aromatic heterocycles. The van der Waals surface area contributed by atoms with Gasteiger partial charge in [0, 0.05) is 44.9 Å². The van der Waals surface area contributed by atoms with Crippen molar-refractivity contribution in [2.45, 2.75) is 38.5 Å². The second kappa shape index (κ2) is 6.60. The summed E-state index contributed by atoms with van der Waals surface area (Å²) in [5.74, 6) is 0.152. The SMILES string of the molecule is CO[C@@H]1CCN(c2ccc(-c3nn4c(c3C(=O)O)O[C@H](C)CC4)cn2)C1. The lowest BCUT2D eigenvalue weighted by Gasteiger charge is -2.21. The standard InChI is InChI=1S/C18H22N4O4/c1-11-5-8-22-17(26-11)15(18(23)24)16(20-22)12-3-4-14(19-9-12)21-7-6-13(10-21)25-2/h3-4,9,11,13H,5-8,10H2,1-2H3,(H,23,24)/t11-,13-/m1/s1. The highest BCUT2D eigenvalue weighted by Gasteiger charge is 2.30. The molecule has 2 aliphatic heterocycles. The van der Waals surface area contributed by atoms with Gasteiger partial charge in [0.05, 0.1) is 12.2 Å². The minimum Gasteiger partial charge on any atom is -0.477 e. The van der Waals surface area contributed by atoms with Crippen LogP contribution in [0.2, 0.25) is 0 Å². The van der Waals surface area contributed by atoms with E-state index < -0.39 is 5.97 Å². The Hall–Kier alpha value is -2.61. The fourth-order valence-corrected chi connectivity index (χ4v) is 3.51. The molecular weight excluding hydrogens is 336 g/mol. The minimum absolute atomic E-state index is 0.0189. The first-order valence-electron chi connectivity index (χ1n) is 8.81. The number of carboxylic acid groups (broad SMARTS) is 1. The zero-order chi connectivity index (χ0) is 18.3. The molecule has 0 spiro atoms. The highest BCUT2D eigenvalue weighted by Crippen LogP contribution is 2.34. The molecule has 0 amide bonds. The van der Waals surface area contributed by atoms with E-state index in [4.69, 9.17) is 9.47 Å². The zero-order valence-corrected chi connectivity index (χ0v) is 14.9. The Balaban J connectivity index is 1.65. The lowest BCUT2D eigenvalue weighted by molar-refractivity contribution is 0.0684. The van der Waals surface area contributed by atoms with Gasteiger partial charge in [0.25, 0.3) is 0 Å². The van der Waals surface area contributed by atoms with E-state index in [0.29, 0.717) is 23.7 Å².